The lowest BCUT2D eigenvalue weighted by atomic mass is 10.1. The molecule has 2 unspecified atom stereocenters. The summed E-state index contributed by atoms with van der Waals surface area (Å²) in [6.07, 6.45) is -1.10. The number of aliphatic carboxylic acids is 1. The van der Waals surface area contributed by atoms with Crippen LogP contribution in [0.3, 0.4) is 0 Å². The Hall–Kier alpha value is -2.86. The molecule has 2 aromatic rings. The average Bonchev–Trinajstić information content (AvgIpc) is 2.54. The molecule has 0 spiro atoms. The van der Waals surface area contributed by atoms with Gasteiger partial charge in [-0.3, -0.25) is 9.59 Å². The van der Waals surface area contributed by atoms with Crippen molar-refractivity contribution < 1.29 is 19.4 Å². The van der Waals surface area contributed by atoms with Gasteiger partial charge in [0.25, 0.3) is 0 Å². The van der Waals surface area contributed by atoms with Gasteiger partial charge in [0.2, 0.25) is 0 Å². The molecule has 0 bridgehead atoms. The second kappa shape index (κ2) is 7.95. The molecular formula is C17H18N2O4. The summed E-state index contributed by atoms with van der Waals surface area (Å²) < 4.78 is 5.07. The second-order valence-corrected chi connectivity index (χ2v) is 4.95. The first kappa shape index (κ1) is 16.5. The fourth-order valence-electron chi connectivity index (χ4n) is 2.03. The summed E-state index contributed by atoms with van der Waals surface area (Å²) in [6, 6.07) is 17.8. The van der Waals surface area contributed by atoms with Crippen molar-refractivity contribution >= 4 is 17.6 Å². The fourth-order valence-corrected chi connectivity index (χ4v) is 2.03. The molecule has 4 N–H and O–H groups in total. The molecule has 6 nitrogen and oxygen atoms in total. The number of carboxylic acid groups (broad SMARTS) is 1. The third-order valence-corrected chi connectivity index (χ3v) is 3.21. The predicted octanol–water partition coefficient (Wildman–Crippen LogP) is 1.83. The van der Waals surface area contributed by atoms with E-state index in [-0.39, 0.29) is 6.61 Å². The number of carboxylic acids is 1. The van der Waals surface area contributed by atoms with Gasteiger partial charge in [-0.2, -0.15) is 0 Å². The van der Waals surface area contributed by atoms with Gasteiger partial charge >= 0.3 is 11.9 Å². The number of rotatable bonds is 7. The Morgan fingerprint density at radius 2 is 1.61 bits per heavy atom. The average molecular weight is 314 g/mol. The summed E-state index contributed by atoms with van der Waals surface area (Å²) in [6.45, 7) is 0.00150. The van der Waals surface area contributed by atoms with Crippen molar-refractivity contribution in [1.29, 1.82) is 0 Å². The Balaban J connectivity index is 1.99. The first-order valence-corrected chi connectivity index (χ1v) is 7.08. The first-order chi connectivity index (χ1) is 11.1. The summed E-state index contributed by atoms with van der Waals surface area (Å²) in [5, 5.41) is 12.1. The number of ether oxygens (including phenoxy) is 1. The molecule has 0 amide bonds. The molecule has 23 heavy (non-hydrogen) atoms. The third kappa shape index (κ3) is 4.82. The molecule has 0 heterocycles. The molecule has 0 aliphatic carbocycles. The lowest BCUT2D eigenvalue weighted by molar-refractivity contribution is -0.160. The molecule has 6 heteroatoms. The van der Waals surface area contributed by atoms with Gasteiger partial charge in [-0.25, -0.2) is 0 Å². The number of benzene rings is 2. The van der Waals surface area contributed by atoms with Crippen molar-refractivity contribution in [3.63, 3.8) is 0 Å². The smallest absolute Gasteiger partial charge is 0.324 e. The van der Waals surface area contributed by atoms with Gasteiger partial charge in [-0.1, -0.05) is 48.5 Å². The largest absolute Gasteiger partial charge is 0.481 e. The number of carbonyl (C=O) groups is 2. The lowest BCUT2D eigenvalue weighted by Crippen LogP contribution is -2.46. The van der Waals surface area contributed by atoms with Crippen LogP contribution in [0.4, 0.5) is 5.69 Å². The third-order valence-electron chi connectivity index (χ3n) is 3.21. The van der Waals surface area contributed by atoms with E-state index < -0.39 is 24.0 Å². The fraction of sp³-hybridized carbons (Fsp3) is 0.176. The maximum absolute atomic E-state index is 12.1. The van der Waals surface area contributed by atoms with Crippen LogP contribution in [0.25, 0.3) is 0 Å². The summed E-state index contributed by atoms with van der Waals surface area (Å²) in [5.74, 6) is -3.71. The number of carbonyl (C=O) groups excluding carboxylic acids is 1. The van der Waals surface area contributed by atoms with Crippen LogP contribution in [0.2, 0.25) is 0 Å². The van der Waals surface area contributed by atoms with Gasteiger partial charge in [-0.15, -0.1) is 0 Å². The molecule has 0 radical (unpaired) electrons. The molecule has 2 atom stereocenters. The highest BCUT2D eigenvalue weighted by Crippen LogP contribution is 2.13. The molecule has 120 valence electrons. The highest BCUT2D eigenvalue weighted by atomic mass is 16.5. The molecule has 0 aliphatic rings. The highest BCUT2D eigenvalue weighted by molar-refractivity contribution is 5.95. The Kier molecular flexibility index (Phi) is 5.71. The molecule has 0 fully saturated rings. The topological polar surface area (TPSA) is 102 Å². The van der Waals surface area contributed by atoms with E-state index >= 15 is 0 Å². The molecule has 2 aromatic carbocycles. The van der Waals surface area contributed by atoms with E-state index in [9.17, 15) is 14.7 Å². The molecule has 0 saturated carbocycles. The Labute approximate surface area is 133 Å². The normalized spacial score (nSPS) is 12.9. The van der Waals surface area contributed by atoms with Crippen LogP contribution in [0.1, 0.15) is 5.56 Å². The van der Waals surface area contributed by atoms with Crippen LogP contribution in [0.15, 0.2) is 60.7 Å². The summed E-state index contributed by atoms with van der Waals surface area (Å²) in [7, 11) is 0. The van der Waals surface area contributed by atoms with Crippen LogP contribution in [-0.2, 0) is 20.9 Å². The van der Waals surface area contributed by atoms with E-state index in [4.69, 9.17) is 10.5 Å². The number of hydrogen-bond acceptors (Lipinski definition) is 5. The van der Waals surface area contributed by atoms with Gasteiger partial charge in [0, 0.05) is 5.69 Å². The van der Waals surface area contributed by atoms with Crippen LogP contribution in [-0.4, -0.2) is 23.2 Å². The maximum atomic E-state index is 12.1. The van der Waals surface area contributed by atoms with Gasteiger partial charge < -0.3 is 20.9 Å². The summed E-state index contributed by atoms with van der Waals surface area (Å²) in [4.78, 5) is 23.4. The predicted molar refractivity (Wildman–Crippen MR) is 85.4 cm³/mol. The van der Waals surface area contributed by atoms with E-state index in [1.807, 2.05) is 12.1 Å². The van der Waals surface area contributed by atoms with Crippen LogP contribution < -0.4 is 11.1 Å². The van der Waals surface area contributed by atoms with Crippen molar-refractivity contribution in [2.75, 3.05) is 5.32 Å². The minimum Gasteiger partial charge on any atom is -0.481 e. The summed E-state index contributed by atoms with van der Waals surface area (Å²) in [5.41, 5.74) is 7.23. The van der Waals surface area contributed by atoms with E-state index in [1.54, 1.807) is 48.5 Å². The lowest BCUT2D eigenvalue weighted by Gasteiger charge is -2.21. The Bertz CT molecular complexity index is 646. The minimum atomic E-state index is -1.50. The molecular weight excluding hydrogens is 296 g/mol. The SMILES string of the molecule is NC(Nc1ccccc1)C(C(=O)O)C(=O)OCc1ccccc1. The van der Waals surface area contributed by atoms with Gasteiger partial charge in [0.1, 0.15) is 6.61 Å². The first-order valence-electron chi connectivity index (χ1n) is 7.08. The van der Waals surface area contributed by atoms with E-state index in [1.165, 1.54) is 0 Å². The molecule has 0 saturated heterocycles. The van der Waals surface area contributed by atoms with Crippen molar-refractivity contribution in [3.8, 4) is 0 Å². The van der Waals surface area contributed by atoms with Gasteiger partial charge in [-0.05, 0) is 17.7 Å². The zero-order chi connectivity index (χ0) is 16.7. The van der Waals surface area contributed by atoms with Crippen molar-refractivity contribution in [3.05, 3.63) is 66.2 Å². The number of hydrogen-bond donors (Lipinski definition) is 3. The van der Waals surface area contributed by atoms with Gasteiger partial charge in [0.15, 0.2) is 5.92 Å². The minimum absolute atomic E-state index is 0.00150. The number of para-hydroxylation sites is 1. The number of nitrogens with one attached hydrogen (secondary N) is 1. The van der Waals surface area contributed by atoms with Crippen LogP contribution in [0, 0.1) is 5.92 Å². The maximum Gasteiger partial charge on any atom is 0.324 e. The zero-order valence-corrected chi connectivity index (χ0v) is 12.4. The van der Waals surface area contributed by atoms with Gasteiger partial charge in [0.05, 0.1) is 6.17 Å². The Morgan fingerprint density at radius 1 is 1.04 bits per heavy atom. The van der Waals surface area contributed by atoms with Crippen molar-refractivity contribution in [2.24, 2.45) is 11.7 Å². The zero-order valence-electron chi connectivity index (χ0n) is 12.4. The van der Waals surface area contributed by atoms with Crippen LogP contribution >= 0.6 is 0 Å². The second-order valence-electron chi connectivity index (χ2n) is 4.95. The van der Waals surface area contributed by atoms with Crippen molar-refractivity contribution in [2.45, 2.75) is 12.8 Å². The van der Waals surface area contributed by atoms with Crippen molar-refractivity contribution in [1.82, 2.24) is 0 Å². The molecule has 0 aromatic heterocycles. The van der Waals surface area contributed by atoms with E-state index in [2.05, 4.69) is 5.32 Å². The molecule has 2 rings (SSSR count). The Morgan fingerprint density at radius 3 is 2.17 bits per heavy atom. The molecule has 0 aliphatic heterocycles. The monoisotopic (exact) mass is 314 g/mol. The number of esters is 1. The van der Waals surface area contributed by atoms with Crippen LogP contribution in [0.5, 0.6) is 0 Å². The number of anilines is 1. The van der Waals surface area contributed by atoms with E-state index in [0.717, 1.165) is 5.56 Å². The standard InChI is InChI=1S/C17H18N2O4/c18-15(19-13-9-5-2-6-10-13)14(16(20)21)17(22)23-11-12-7-3-1-4-8-12/h1-10,14-15,19H,11,18H2,(H,20,21). The highest BCUT2D eigenvalue weighted by Gasteiger charge is 2.34. The quantitative estimate of drug-likeness (QED) is 0.409. The number of nitrogens with two attached hydrogens (primary N) is 1. The van der Waals surface area contributed by atoms with E-state index in [0.29, 0.717) is 5.69 Å². The summed E-state index contributed by atoms with van der Waals surface area (Å²) >= 11 is 0.